The maximum Gasteiger partial charge on any atom is 0.212 e. The van der Waals surface area contributed by atoms with Crippen LogP contribution in [0, 0.1) is 18.3 Å². The Morgan fingerprint density at radius 3 is 2.88 bits per heavy atom. The molecular formula is C11H11N5S. The second kappa shape index (κ2) is 3.93. The summed E-state index contributed by atoms with van der Waals surface area (Å²) >= 11 is 1.67. The fraction of sp³-hybridized carbons (Fsp3) is 0.455. The quantitative estimate of drug-likeness (QED) is 0.768. The normalized spacial score (nSPS) is 14.4. The van der Waals surface area contributed by atoms with Gasteiger partial charge in [-0.15, -0.1) is 5.10 Å². The fourth-order valence-corrected chi connectivity index (χ4v) is 3.19. The Morgan fingerprint density at radius 2 is 2.18 bits per heavy atom. The molecule has 2 heterocycles. The van der Waals surface area contributed by atoms with E-state index in [9.17, 15) is 0 Å². The minimum atomic E-state index is 0.373. The first-order chi connectivity index (χ1) is 8.29. The van der Waals surface area contributed by atoms with E-state index in [2.05, 4.69) is 15.3 Å². The van der Waals surface area contributed by atoms with E-state index >= 15 is 0 Å². The molecule has 0 aromatic carbocycles. The molecule has 1 aliphatic rings. The molecule has 2 aromatic rings. The topological polar surface area (TPSA) is 67.4 Å². The molecule has 3 rings (SSSR count). The molecule has 1 aliphatic carbocycles. The highest BCUT2D eigenvalue weighted by atomic mass is 32.1. The first-order valence-corrected chi connectivity index (χ1v) is 6.42. The number of nitrogens with zero attached hydrogens (tertiary/aromatic N) is 5. The van der Waals surface area contributed by atoms with Gasteiger partial charge in [-0.2, -0.15) is 9.94 Å². The van der Waals surface area contributed by atoms with Crippen molar-refractivity contribution in [3.05, 3.63) is 22.0 Å². The van der Waals surface area contributed by atoms with Gasteiger partial charge in [0.25, 0.3) is 0 Å². The molecule has 6 heteroatoms. The molecule has 0 N–H and O–H groups in total. The molecule has 0 spiro atoms. The standard InChI is InChI=1S/C11H11N5S/c1-7-9(6-12)14-15-16(7)11-13-8-4-2-3-5-10(8)17-11/h2-5H2,1H3. The Bertz CT molecular complexity index is 580. The van der Waals surface area contributed by atoms with Crippen LogP contribution in [-0.2, 0) is 12.8 Å². The fourth-order valence-electron chi connectivity index (χ4n) is 2.04. The highest BCUT2D eigenvalue weighted by molar-refractivity contribution is 7.14. The third kappa shape index (κ3) is 1.63. The Kier molecular flexibility index (Phi) is 2.41. The molecule has 0 amide bonds. The molecular weight excluding hydrogens is 234 g/mol. The summed E-state index contributed by atoms with van der Waals surface area (Å²) in [4.78, 5) is 5.96. The van der Waals surface area contributed by atoms with Gasteiger partial charge in [0.1, 0.15) is 6.07 Å². The predicted octanol–water partition coefficient (Wildman–Crippen LogP) is 1.78. The van der Waals surface area contributed by atoms with E-state index in [1.807, 2.05) is 13.0 Å². The third-order valence-electron chi connectivity index (χ3n) is 3.02. The van der Waals surface area contributed by atoms with Crippen molar-refractivity contribution >= 4 is 11.3 Å². The molecule has 17 heavy (non-hydrogen) atoms. The van der Waals surface area contributed by atoms with Gasteiger partial charge in [0, 0.05) is 4.88 Å². The van der Waals surface area contributed by atoms with Gasteiger partial charge in [-0.3, -0.25) is 0 Å². The van der Waals surface area contributed by atoms with Crippen molar-refractivity contribution < 1.29 is 0 Å². The van der Waals surface area contributed by atoms with Crippen LogP contribution in [0.4, 0.5) is 0 Å². The summed E-state index contributed by atoms with van der Waals surface area (Å²) in [5.74, 6) is 0. The molecule has 0 aliphatic heterocycles. The number of aryl methyl sites for hydroxylation is 2. The third-order valence-corrected chi connectivity index (χ3v) is 4.15. The molecule has 0 fully saturated rings. The Balaban J connectivity index is 2.06. The Hall–Kier alpha value is -1.74. The lowest BCUT2D eigenvalue weighted by atomic mass is 10.0. The summed E-state index contributed by atoms with van der Waals surface area (Å²) in [5, 5.41) is 17.5. The zero-order chi connectivity index (χ0) is 11.8. The Labute approximate surface area is 103 Å². The van der Waals surface area contributed by atoms with Crippen LogP contribution in [0.5, 0.6) is 0 Å². The molecule has 0 atom stereocenters. The van der Waals surface area contributed by atoms with Crippen molar-refractivity contribution in [3.8, 4) is 11.2 Å². The zero-order valence-electron chi connectivity index (χ0n) is 9.47. The number of rotatable bonds is 1. The monoisotopic (exact) mass is 245 g/mol. The number of hydrogen-bond donors (Lipinski definition) is 0. The summed E-state index contributed by atoms with van der Waals surface area (Å²) in [7, 11) is 0. The molecule has 0 saturated carbocycles. The second-order valence-electron chi connectivity index (χ2n) is 4.12. The number of aromatic nitrogens is 4. The van der Waals surface area contributed by atoms with Crippen LogP contribution in [0.25, 0.3) is 5.13 Å². The molecule has 0 saturated heterocycles. The van der Waals surface area contributed by atoms with Crippen LogP contribution in [0.2, 0.25) is 0 Å². The predicted molar refractivity (Wildman–Crippen MR) is 63.1 cm³/mol. The van der Waals surface area contributed by atoms with Crippen molar-refractivity contribution in [1.29, 1.82) is 5.26 Å². The summed E-state index contributed by atoms with van der Waals surface area (Å²) in [5.41, 5.74) is 2.33. The molecule has 0 unspecified atom stereocenters. The molecule has 5 nitrogen and oxygen atoms in total. The average molecular weight is 245 g/mol. The molecule has 0 bridgehead atoms. The van der Waals surface area contributed by atoms with Gasteiger partial charge < -0.3 is 0 Å². The van der Waals surface area contributed by atoms with Gasteiger partial charge in [-0.1, -0.05) is 16.6 Å². The maximum atomic E-state index is 8.86. The lowest BCUT2D eigenvalue weighted by Gasteiger charge is -2.06. The van der Waals surface area contributed by atoms with Crippen LogP contribution in [0.3, 0.4) is 0 Å². The maximum absolute atomic E-state index is 8.86. The van der Waals surface area contributed by atoms with Crippen molar-refractivity contribution in [2.24, 2.45) is 0 Å². The SMILES string of the molecule is Cc1c(C#N)nnn1-c1nc2c(s1)CCCC2. The average Bonchev–Trinajstić information content (AvgIpc) is 2.91. The molecule has 2 aromatic heterocycles. The van der Waals surface area contributed by atoms with E-state index in [0.29, 0.717) is 5.69 Å². The van der Waals surface area contributed by atoms with Crippen molar-refractivity contribution in [3.63, 3.8) is 0 Å². The molecule has 0 radical (unpaired) electrons. The van der Waals surface area contributed by atoms with Crippen LogP contribution in [-0.4, -0.2) is 20.0 Å². The van der Waals surface area contributed by atoms with Gasteiger partial charge in [-0.25, -0.2) is 4.98 Å². The summed E-state index contributed by atoms with van der Waals surface area (Å²) < 4.78 is 1.67. The second-order valence-corrected chi connectivity index (χ2v) is 5.18. The van der Waals surface area contributed by atoms with Gasteiger partial charge in [0.2, 0.25) is 5.13 Å². The van der Waals surface area contributed by atoms with Crippen LogP contribution in [0.1, 0.15) is 34.8 Å². The van der Waals surface area contributed by atoms with Gasteiger partial charge in [-0.05, 0) is 32.6 Å². The van der Waals surface area contributed by atoms with E-state index < -0.39 is 0 Å². The van der Waals surface area contributed by atoms with Crippen molar-refractivity contribution in [2.45, 2.75) is 32.6 Å². The lowest BCUT2D eigenvalue weighted by molar-refractivity contribution is 0.678. The summed E-state index contributed by atoms with van der Waals surface area (Å²) in [6.45, 7) is 1.85. The Morgan fingerprint density at radius 1 is 1.35 bits per heavy atom. The van der Waals surface area contributed by atoms with Gasteiger partial charge in [0.15, 0.2) is 5.69 Å². The van der Waals surface area contributed by atoms with Crippen molar-refractivity contribution in [2.75, 3.05) is 0 Å². The first-order valence-electron chi connectivity index (χ1n) is 5.61. The van der Waals surface area contributed by atoms with Crippen LogP contribution in [0.15, 0.2) is 0 Å². The lowest BCUT2D eigenvalue weighted by Crippen LogP contribution is -2.01. The highest BCUT2D eigenvalue weighted by Crippen LogP contribution is 2.28. The van der Waals surface area contributed by atoms with E-state index in [1.54, 1.807) is 16.0 Å². The first kappa shape index (κ1) is 10.4. The number of hydrogen-bond acceptors (Lipinski definition) is 5. The van der Waals surface area contributed by atoms with Gasteiger partial charge >= 0.3 is 0 Å². The van der Waals surface area contributed by atoms with E-state index in [-0.39, 0.29) is 0 Å². The number of nitriles is 1. The largest absolute Gasteiger partial charge is 0.223 e. The highest BCUT2D eigenvalue weighted by Gasteiger charge is 2.18. The van der Waals surface area contributed by atoms with E-state index in [4.69, 9.17) is 5.26 Å². The summed E-state index contributed by atoms with van der Waals surface area (Å²) in [6, 6.07) is 2.03. The van der Waals surface area contributed by atoms with Crippen LogP contribution < -0.4 is 0 Å². The summed E-state index contributed by atoms with van der Waals surface area (Å²) in [6.07, 6.45) is 4.64. The van der Waals surface area contributed by atoms with E-state index in [0.717, 1.165) is 23.7 Å². The molecule has 86 valence electrons. The van der Waals surface area contributed by atoms with E-state index in [1.165, 1.54) is 23.4 Å². The zero-order valence-corrected chi connectivity index (χ0v) is 10.3. The van der Waals surface area contributed by atoms with Gasteiger partial charge in [0.05, 0.1) is 11.4 Å². The number of fused-ring (bicyclic) bond motifs is 1. The van der Waals surface area contributed by atoms with Crippen molar-refractivity contribution in [1.82, 2.24) is 20.0 Å². The minimum Gasteiger partial charge on any atom is -0.223 e. The minimum absolute atomic E-state index is 0.373. The number of thiazole rings is 1. The van der Waals surface area contributed by atoms with Crippen LogP contribution >= 0.6 is 11.3 Å². The smallest absolute Gasteiger partial charge is 0.212 e.